The number of hydrogen-bond donors (Lipinski definition) is 2. The lowest BCUT2D eigenvalue weighted by Gasteiger charge is -2.44. The Bertz CT molecular complexity index is 590. The molecule has 0 aliphatic carbocycles. The third kappa shape index (κ3) is 2.67. The minimum Gasteiger partial charge on any atom is -0.465 e. The lowest BCUT2D eigenvalue weighted by atomic mass is 10.0. The molecule has 0 bridgehead atoms. The summed E-state index contributed by atoms with van der Waals surface area (Å²) >= 11 is 0. The van der Waals surface area contributed by atoms with Gasteiger partial charge in [0.15, 0.2) is 0 Å². The molecule has 1 aliphatic rings. The molecule has 1 unspecified atom stereocenters. The van der Waals surface area contributed by atoms with E-state index in [2.05, 4.69) is 42.1 Å². The first-order valence-corrected chi connectivity index (χ1v) is 6.88. The highest BCUT2D eigenvalue weighted by molar-refractivity contribution is 5.65. The van der Waals surface area contributed by atoms with Crippen LogP contribution in [0.4, 0.5) is 10.6 Å². The lowest BCUT2D eigenvalue weighted by Crippen LogP contribution is -2.62. The van der Waals surface area contributed by atoms with Crippen LogP contribution < -0.4 is 9.80 Å². The Hall–Kier alpha value is -2.20. The van der Waals surface area contributed by atoms with Crippen molar-refractivity contribution in [1.82, 2.24) is 19.8 Å². The molecule has 2 rings (SSSR count). The van der Waals surface area contributed by atoms with Crippen LogP contribution in [0.25, 0.3) is 0 Å². The minimum absolute atomic E-state index is 0.143. The molecule has 0 spiro atoms. The Labute approximate surface area is 123 Å². The summed E-state index contributed by atoms with van der Waals surface area (Å²) in [5.74, 6) is 0.627. The van der Waals surface area contributed by atoms with Gasteiger partial charge in [-0.15, -0.1) is 0 Å². The second-order valence-electron chi connectivity index (χ2n) is 6.32. The Balaban J connectivity index is 2.46. The van der Waals surface area contributed by atoms with E-state index in [0.717, 1.165) is 6.54 Å². The molecule has 7 nitrogen and oxygen atoms in total. The molecule has 112 valence electrons. The van der Waals surface area contributed by atoms with Crippen molar-refractivity contribution in [2.45, 2.75) is 38.8 Å². The predicted octanol–water partition coefficient (Wildman–Crippen LogP) is 1.49. The van der Waals surface area contributed by atoms with E-state index < -0.39 is 6.09 Å². The summed E-state index contributed by atoms with van der Waals surface area (Å²) < 4.78 is 0.453. The van der Waals surface area contributed by atoms with Crippen LogP contribution in [0.15, 0.2) is 12.4 Å². The molecule has 0 radical (unpaired) electrons. The van der Waals surface area contributed by atoms with Gasteiger partial charge < -0.3 is 10.4 Å². The van der Waals surface area contributed by atoms with Gasteiger partial charge in [-0.25, -0.2) is 14.8 Å². The fourth-order valence-electron chi connectivity index (χ4n) is 3.07. The van der Waals surface area contributed by atoms with E-state index in [-0.39, 0.29) is 11.6 Å². The van der Waals surface area contributed by atoms with Crippen molar-refractivity contribution < 1.29 is 9.90 Å². The maximum atomic E-state index is 10.9. The molecule has 1 aromatic rings. The average molecular weight is 290 g/mol. The Kier molecular flexibility index (Phi) is 3.83. The molecular weight excluding hydrogens is 270 g/mol. The Morgan fingerprint density at radius 2 is 2.14 bits per heavy atom. The van der Waals surface area contributed by atoms with Crippen LogP contribution in [0.3, 0.4) is 0 Å². The van der Waals surface area contributed by atoms with E-state index in [1.54, 1.807) is 6.20 Å². The largest absolute Gasteiger partial charge is 0.465 e. The van der Waals surface area contributed by atoms with Crippen molar-refractivity contribution in [2.24, 2.45) is 0 Å². The van der Waals surface area contributed by atoms with Gasteiger partial charge in [-0.2, -0.15) is 5.26 Å². The van der Waals surface area contributed by atoms with Gasteiger partial charge in [0.25, 0.3) is 5.82 Å². The number of likely N-dealkylation sites (tertiary alicyclic amines) is 1. The van der Waals surface area contributed by atoms with E-state index in [1.165, 1.54) is 6.20 Å². The lowest BCUT2D eigenvalue weighted by molar-refractivity contribution is 0.162. The predicted molar refractivity (Wildman–Crippen MR) is 77.6 cm³/mol. The molecule has 2 atom stereocenters. The number of hydrogen-bond acceptors (Lipinski definition) is 4. The zero-order valence-electron chi connectivity index (χ0n) is 12.5. The van der Waals surface area contributed by atoms with Gasteiger partial charge in [-0.3, -0.25) is 4.48 Å². The third-order valence-corrected chi connectivity index (χ3v) is 4.19. The summed E-state index contributed by atoms with van der Waals surface area (Å²) in [6.45, 7) is 7.52. The van der Waals surface area contributed by atoms with Gasteiger partial charge in [-0.1, -0.05) is 0 Å². The molecule has 2 heterocycles. The zero-order valence-corrected chi connectivity index (χ0v) is 12.5. The first-order valence-electron chi connectivity index (χ1n) is 6.88. The fourth-order valence-corrected chi connectivity index (χ4v) is 3.07. The second-order valence-corrected chi connectivity index (χ2v) is 6.32. The Morgan fingerprint density at radius 1 is 1.48 bits per heavy atom. The summed E-state index contributed by atoms with van der Waals surface area (Å²) in [4.78, 5) is 19.4. The summed E-state index contributed by atoms with van der Waals surface area (Å²) in [7, 11) is 0. The van der Waals surface area contributed by atoms with Crippen LogP contribution in [-0.4, -0.2) is 45.8 Å². The van der Waals surface area contributed by atoms with Crippen molar-refractivity contribution >= 4 is 11.9 Å². The number of nitriles is 1. The molecule has 0 saturated carbocycles. The van der Waals surface area contributed by atoms with Gasteiger partial charge in [-0.05, 0) is 20.8 Å². The number of carboxylic acid groups (broad SMARTS) is 1. The van der Waals surface area contributed by atoms with Crippen molar-refractivity contribution in [2.75, 3.05) is 13.1 Å². The van der Waals surface area contributed by atoms with Crippen LogP contribution >= 0.6 is 0 Å². The van der Waals surface area contributed by atoms with E-state index >= 15 is 0 Å². The van der Waals surface area contributed by atoms with E-state index in [9.17, 15) is 10.1 Å². The van der Waals surface area contributed by atoms with Crippen LogP contribution in [0.5, 0.6) is 0 Å². The smallest absolute Gasteiger partial charge is 0.405 e. The highest BCUT2D eigenvalue weighted by atomic mass is 16.4. The molecule has 1 fully saturated rings. The average Bonchev–Trinajstić information content (AvgIpc) is 2.82. The van der Waals surface area contributed by atoms with E-state index in [1.807, 2.05) is 0 Å². The molecule has 1 saturated heterocycles. The number of quaternary nitrogens is 1. The normalized spacial score (nSPS) is 25.3. The molecule has 21 heavy (non-hydrogen) atoms. The van der Waals surface area contributed by atoms with Crippen LogP contribution in [0.2, 0.25) is 0 Å². The SMILES string of the molecule is CC(C)(C)[N+]1(c2nccnc2C#N)CC[C@H](NC(=O)O)C1. The number of amides is 1. The molecule has 1 amide bonds. The van der Waals surface area contributed by atoms with Crippen LogP contribution in [0.1, 0.15) is 32.9 Å². The van der Waals surface area contributed by atoms with Gasteiger partial charge >= 0.3 is 6.09 Å². The summed E-state index contributed by atoms with van der Waals surface area (Å²) in [6, 6.07) is 1.96. The van der Waals surface area contributed by atoms with Gasteiger partial charge in [0.2, 0.25) is 5.69 Å². The molecule has 0 aromatic carbocycles. The minimum atomic E-state index is -1.02. The molecular formula is C14H20N5O2+. The molecule has 2 N–H and O–H groups in total. The summed E-state index contributed by atoms with van der Waals surface area (Å²) in [6.07, 6.45) is 2.78. The van der Waals surface area contributed by atoms with E-state index in [0.29, 0.717) is 29.0 Å². The van der Waals surface area contributed by atoms with Crippen LogP contribution in [-0.2, 0) is 0 Å². The Morgan fingerprint density at radius 3 is 2.71 bits per heavy atom. The van der Waals surface area contributed by atoms with Crippen molar-refractivity contribution in [3.63, 3.8) is 0 Å². The van der Waals surface area contributed by atoms with E-state index in [4.69, 9.17) is 5.11 Å². The topological polar surface area (TPSA) is 98.9 Å². The standard InChI is InChI=1S/C14H19N5O2/c1-14(2,3)19(7-4-10(9-19)18-13(20)21)12-11(8-15)16-5-6-17-12/h5-6,10,18H,4,7,9H2,1-3H3/p+1/t10-,19?/m0/s1. The summed E-state index contributed by atoms with van der Waals surface area (Å²) in [5.41, 5.74) is 0.0970. The first kappa shape index (κ1) is 15.2. The number of aromatic nitrogens is 2. The number of carbonyl (C=O) groups is 1. The van der Waals surface area contributed by atoms with Crippen molar-refractivity contribution in [1.29, 1.82) is 5.26 Å². The monoisotopic (exact) mass is 290 g/mol. The third-order valence-electron chi connectivity index (χ3n) is 4.19. The number of nitrogens with zero attached hydrogens (tertiary/aromatic N) is 4. The highest BCUT2D eigenvalue weighted by Gasteiger charge is 2.51. The molecule has 1 aromatic heterocycles. The zero-order chi connectivity index (χ0) is 15.7. The van der Waals surface area contributed by atoms with Crippen molar-refractivity contribution in [3.05, 3.63) is 18.1 Å². The summed E-state index contributed by atoms with van der Waals surface area (Å²) in [5, 5.41) is 20.8. The molecule has 7 heteroatoms. The van der Waals surface area contributed by atoms with Gasteiger partial charge in [0, 0.05) is 12.6 Å². The molecule has 1 aliphatic heterocycles. The maximum Gasteiger partial charge on any atom is 0.405 e. The first-order chi connectivity index (χ1) is 9.80. The van der Waals surface area contributed by atoms with Crippen molar-refractivity contribution in [3.8, 4) is 6.07 Å². The van der Waals surface area contributed by atoms with Gasteiger partial charge in [0.05, 0.1) is 24.3 Å². The maximum absolute atomic E-state index is 10.9. The number of rotatable bonds is 2. The second kappa shape index (κ2) is 5.30. The highest BCUT2D eigenvalue weighted by Crippen LogP contribution is 2.37. The fraction of sp³-hybridized carbons (Fsp3) is 0.571. The van der Waals surface area contributed by atoms with Crippen LogP contribution in [0, 0.1) is 11.3 Å². The number of nitrogens with one attached hydrogen (secondary N) is 1. The quantitative estimate of drug-likeness (QED) is 0.804. The van der Waals surface area contributed by atoms with Gasteiger partial charge in [0.1, 0.15) is 12.6 Å².